The van der Waals surface area contributed by atoms with Crippen LogP contribution in [0, 0.1) is 0 Å². The predicted molar refractivity (Wildman–Crippen MR) is 32.3 cm³/mol. The molecule has 0 aromatic rings. The smallest absolute Gasteiger partial charge is 0.144 e. The summed E-state index contributed by atoms with van der Waals surface area (Å²) in [6.07, 6.45) is -3.45. The van der Waals surface area contributed by atoms with Gasteiger partial charge < -0.3 is 15.3 Å². The molecule has 0 saturated carbocycles. The van der Waals surface area contributed by atoms with Crippen molar-refractivity contribution in [3.8, 4) is 0 Å². The summed E-state index contributed by atoms with van der Waals surface area (Å²) in [4.78, 5) is 3.66. The summed E-state index contributed by atoms with van der Waals surface area (Å²) >= 11 is 0. The Hall–Kier alpha value is -0.200. The molecule has 0 aromatic heterocycles. The number of rotatable bonds is 4. The Bertz CT molecular complexity index is 80.1. The average Bonchev–Trinajstić information content (AvgIpc) is 1.90. The second kappa shape index (κ2) is 4.59. The molecule has 3 atom stereocenters. The van der Waals surface area contributed by atoms with E-state index in [0.717, 1.165) is 0 Å². The minimum absolute atomic E-state index is 0.539. The van der Waals surface area contributed by atoms with Gasteiger partial charge in [-0.2, -0.15) is 0 Å². The maximum Gasteiger partial charge on any atom is 0.144 e. The van der Waals surface area contributed by atoms with E-state index in [9.17, 15) is 0 Å². The quantitative estimate of drug-likeness (QED) is 0.293. The molecule has 0 aliphatic carbocycles. The SMILES string of the molecule is CC(O)C(O)C(CO)OO. The number of aliphatic hydroxyl groups excluding tert-OH is 3. The summed E-state index contributed by atoms with van der Waals surface area (Å²) in [7, 11) is 0. The van der Waals surface area contributed by atoms with Crippen LogP contribution in [0.5, 0.6) is 0 Å². The fraction of sp³-hybridized carbons (Fsp3) is 1.00. The first-order valence-electron chi connectivity index (χ1n) is 2.90. The van der Waals surface area contributed by atoms with Crippen LogP contribution in [-0.4, -0.2) is 45.5 Å². The van der Waals surface area contributed by atoms with Crippen molar-refractivity contribution >= 4 is 0 Å². The molecule has 0 amide bonds. The first-order chi connectivity index (χ1) is 4.63. The Morgan fingerprint density at radius 3 is 2.00 bits per heavy atom. The normalized spacial score (nSPS) is 20.1. The third-order valence-electron chi connectivity index (χ3n) is 1.19. The summed E-state index contributed by atoms with van der Waals surface area (Å²) in [6.45, 7) is 0.787. The van der Waals surface area contributed by atoms with Crippen LogP contribution in [0.25, 0.3) is 0 Å². The molecule has 62 valence electrons. The van der Waals surface area contributed by atoms with Crippen molar-refractivity contribution in [3.05, 3.63) is 0 Å². The van der Waals surface area contributed by atoms with E-state index >= 15 is 0 Å². The molecule has 0 rings (SSSR count). The molecule has 10 heavy (non-hydrogen) atoms. The minimum atomic E-state index is -1.27. The monoisotopic (exact) mass is 152 g/mol. The zero-order valence-electron chi connectivity index (χ0n) is 5.64. The van der Waals surface area contributed by atoms with Gasteiger partial charge in [-0.15, -0.1) is 0 Å². The van der Waals surface area contributed by atoms with Crippen molar-refractivity contribution in [2.24, 2.45) is 0 Å². The van der Waals surface area contributed by atoms with Gasteiger partial charge in [0.1, 0.15) is 12.2 Å². The maximum absolute atomic E-state index is 8.89. The lowest BCUT2D eigenvalue weighted by Crippen LogP contribution is -2.39. The van der Waals surface area contributed by atoms with Gasteiger partial charge in [0.25, 0.3) is 0 Å². The molecule has 0 fully saturated rings. The van der Waals surface area contributed by atoms with Crippen LogP contribution in [0.4, 0.5) is 0 Å². The molecule has 0 spiro atoms. The lowest BCUT2D eigenvalue weighted by molar-refractivity contribution is -0.308. The molecule has 0 saturated heterocycles. The van der Waals surface area contributed by atoms with Crippen LogP contribution < -0.4 is 0 Å². The Morgan fingerprint density at radius 2 is 1.90 bits per heavy atom. The van der Waals surface area contributed by atoms with Gasteiger partial charge in [-0.25, -0.2) is 4.89 Å². The number of hydrogen-bond donors (Lipinski definition) is 4. The topological polar surface area (TPSA) is 90.2 Å². The van der Waals surface area contributed by atoms with Gasteiger partial charge in [0.05, 0.1) is 12.7 Å². The second-order valence-electron chi connectivity index (χ2n) is 2.06. The Kier molecular flexibility index (Phi) is 4.50. The molecular weight excluding hydrogens is 140 g/mol. The highest BCUT2D eigenvalue weighted by Crippen LogP contribution is 2.01. The molecule has 4 N–H and O–H groups in total. The summed E-state index contributed by atoms with van der Waals surface area (Å²) in [5.74, 6) is 0. The van der Waals surface area contributed by atoms with Gasteiger partial charge in [0.15, 0.2) is 0 Å². The van der Waals surface area contributed by atoms with Gasteiger partial charge in [-0.05, 0) is 6.92 Å². The van der Waals surface area contributed by atoms with Crippen molar-refractivity contribution in [2.75, 3.05) is 6.61 Å². The maximum atomic E-state index is 8.89. The average molecular weight is 152 g/mol. The van der Waals surface area contributed by atoms with Crippen LogP contribution in [-0.2, 0) is 4.89 Å². The highest BCUT2D eigenvalue weighted by Gasteiger charge is 2.23. The summed E-state index contributed by atoms with van der Waals surface area (Å²) in [5.41, 5.74) is 0. The summed E-state index contributed by atoms with van der Waals surface area (Å²) in [6, 6.07) is 0. The van der Waals surface area contributed by atoms with E-state index in [0.29, 0.717) is 0 Å². The molecule has 5 heteroatoms. The number of hydrogen-bond acceptors (Lipinski definition) is 5. The van der Waals surface area contributed by atoms with E-state index in [1.54, 1.807) is 0 Å². The highest BCUT2D eigenvalue weighted by molar-refractivity contribution is 4.71. The fourth-order valence-electron chi connectivity index (χ4n) is 0.514. The third kappa shape index (κ3) is 2.59. The summed E-state index contributed by atoms with van der Waals surface area (Å²) in [5, 5.41) is 34.0. The van der Waals surface area contributed by atoms with E-state index in [4.69, 9.17) is 20.6 Å². The van der Waals surface area contributed by atoms with Gasteiger partial charge >= 0.3 is 0 Å². The van der Waals surface area contributed by atoms with Crippen molar-refractivity contribution < 1.29 is 25.5 Å². The van der Waals surface area contributed by atoms with E-state index < -0.39 is 24.9 Å². The lowest BCUT2D eigenvalue weighted by Gasteiger charge is -2.19. The minimum Gasteiger partial charge on any atom is -0.393 e. The highest BCUT2D eigenvalue weighted by atomic mass is 17.1. The van der Waals surface area contributed by atoms with Gasteiger partial charge in [0, 0.05) is 0 Å². The second-order valence-corrected chi connectivity index (χ2v) is 2.06. The van der Waals surface area contributed by atoms with Crippen molar-refractivity contribution in [2.45, 2.75) is 25.2 Å². The van der Waals surface area contributed by atoms with E-state index in [1.807, 2.05) is 0 Å². The van der Waals surface area contributed by atoms with Crippen LogP contribution in [0.3, 0.4) is 0 Å². The molecule has 0 radical (unpaired) electrons. The van der Waals surface area contributed by atoms with E-state index in [1.165, 1.54) is 6.92 Å². The third-order valence-corrected chi connectivity index (χ3v) is 1.19. The Balaban J connectivity index is 3.76. The number of aliphatic hydroxyl groups is 3. The van der Waals surface area contributed by atoms with E-state index in [2.05, 4.69) is 4.89 Å². The standard InChI is InChI=1S/C5H12O5/c1-3(7)5(8)4(2-6)10-9/h3-9H,2H2,1H3. The Morgan fingerprint density at radius 1 is 1.40 bits per heavy atom. The molecule has 0 aromatic carbocycles. The van der Waals surface area contributed by atoms with Gasteiger partial charge in [-0.1, -0.05) is 0 Å². The zero-order chi connectivity index (χ0) is 8.15. The molecule has 0 bridgehead atoms. The molecule has 0 aliphatic rings. The molecule has 0 aliphatic heterocycles. The summed E-state index contributed by atoms with van der Waals surface area (Å²) < 4.78 is 0. The van der Waals surface area contributed by atoms with Crippen LogP contribution >= 0.6 is 0 Å². The molecule has 5 nitrogen and oxygen atoms in total. The Labute approximate surface area is 58.4 Å². The van der Waals surface area contributed by atoms with Crippen LogP contribution in [0.1, 0.15) is 6.92 Å². The zero-order valence-corrected chi connectivity index (χ0v) is 5.64. The van der Waals surface area contributed by atoms with Crippen LogP contribution in [0.15, 0.2) is 0 Å². The first kappa shape index (κ1) is 9.80. The lowest BCUT2D eigenvalue weighted by atomic mass is 10.1. The molecular formula is C5H12O5. The first-order valence-corrected chi connectivity index (χ1v) is 2.90. The predicted octanol–water partition coefficient (Wildman–Crippen LogP) is -1.42. The van der Waals surface area contributed by atoms with E-state index in [-0.39, 0.29) is 0 Å². The van der Waals surface area contributed by atoms with Crippen molar-refractivity contribution in [1.29, 1.82) is 0 Å². The molecule has 0 heterocycles. The van der Waals surface area contributed by atoms with Gasteiger partial charge in [0.2, 0.25) is 0 Å². The van der Waals surface area contributed by atoms with Crippen LogP contribution in [0.2, 0.25) is 0 Å². The largest absolute Gasteiger partial charge is 0.393 e. The van der Waals surface area contributed by atoms with Gasteiger partial charge in [-0.3, -0.25) is 5.26 Å². The van der Waals surface area contributed by atoms with Crippen molar-refractivity contribution in [3.63, 3.8) is 0 Å². The molecule has 3 unspecified atom stereocenters. The fourth-order valence-corrected chi connectivity index (χ4v) is 0.514. The van der Waals surface area contributed by atoms with Crippen molar-refractivity contribution in [1.82, 2.24) is 0 Å².